The predicted molar refractivity (Wildman–Crippen MR) is 141 cm³/mol. The number of halogens is 1. The summed E-state index contributed by atoms with van der Waals surface area (Å²) in [4.78, 5) is 38.9. The van der Waals surface area contributed by atoms with Gasteiger partial charge in [0.05, 0.1) is 12.3 Å². The number of rotatable bonds is 9. The van der Waals surface area contributed by atoms with E-state index in [-0.39, 0.29) is 40.7 Å². The van der Waals surface area contributed by atoms with Crippen LogP contribution in [-0.2, 0) is 26.1 Å². The number of barbiturate groups is 1. The van der Waals surface area contributed by atoms with Gasteiger partial charge in [0.25, 0.3) is 11.8 Å². The van der Waals surface area contributed by atoms with Gasteiger partial charge in [0.15, 0.2) is 11.5 Å². The van der Waals surface area contributed by atoms with Gasteiger partial charge in [-0.1, -0.05) is 24.3 Å². The van der Waals surface area contributed by atoms with E-state index in [9.17, 15) is 27.2 Å². The summed E-state index contributed by atoms with van der Waals surface area (Å²) in [5.74, 6) is -2.43. The number of benzene rings is 3. The van der Waals surface area contributed by atoms with E-state index in [0.29, 0.717) is 16.0 Å². The number of nitrogens with one attached hydrogen (secondary N) is 1. The molecule has 0 aromatic heterocycles. The number of carbonyl (C=O) groups is 3. The van der Waals surface area contributed by atoms with E-state index in [1.54, 1.807) is 25.1 Å². The van der Waals surface area contributed by atoms with Crippen LogP contribution in [0.5, 0.6) is 11.5 Å². The lowest BCUT2D eigenvalue weighted by Crippen LogP contribution is -2.54. The van der Waals surface area contributed by atoms with Crippen LogP contribution in [0.2, 0.25) is 0 Å². The van der Waals surface area contributed by atoms with Crippen LogP contribution in [0, 0.1) is 5.82 Å². The van der Waals surface area contributed by atoms with E-state index in [4.69, 9.17) is 8.92 Å². The Kier molecular flexibility index (Phi) is 7.91. The Labute approximate surface area is 224 Å². The first-order chi connectivity index (χ1) is 18.6. The zero-order valence-electron chi connectivity index (χ0n) is 20.7. The maximum Gasteiger partial charge on any atom is 0.339 e. The van der Waals surface area contributed by atoms with Crippen molar-refractivity contribution in [3.05, 3.63) is 102 Å². The fraction of sp³-hybridized carbons (Fsp3) is 0.107. The Morgan fingerprint density at radius 1 is 1.03 bits per heavy atom. The average molecular weight is 551 g/mol. The number of hydrogen-bond donors (Lipinski definition) is 1. The lowest BCUT2D eigenvalue weighted by Gasteiger charge is -2.26. The van der Waals surface area contributed by atoms with Gasteiger partial charge in [0.2, 0.25) is 0 Å². The van der Waals surface area contributed by atoms with Gasteiger partial charge >= 0.3 is 16.1 Å². The normalized spacial score (nSPS) is 14.8. The molecule has 0 atom stereocenters. The van der Waals surface area contributed by atoms with Crippen LogP contribution >= 0.6 is 0 Å². The summed E-state index contributed by atoms with van der Waals surface area (Å²) in [6, 6.07) is 14.1. The molecule has 1 fully saturated rings. The van der Waals surface area contributed by atoms with E-state index in [1.165, 1.54) is 48.6 Å². The highest BCUT2D eigenvalue weighted by Gasteiger charge is 2.37. The molecule has 1 saturated heterocycles. The first-order valence-corrected chi connectivity index (χ1v) is 13.1. The third-order valence-corrected chi connectivity index (χ3v) is 6.78. The molecule has 4 amide bonds. The van der Waals surface area contributed by atoms with Gasteiger partial charge < -0.3 is 8.92 Å². The van der Waals surface area contributed by atoms with Gasteiger partial charge in [-0.15, -0.1) is 6.58 Å². The van der Waals surface area contributed by atoms with Crippen molar-refractivity contribution < 1.29 is 36.1 Å². The summed E-state index contributed by atoms with van der Waals surface area (Å²) < 4.78 is 50.4. The van der Waals surface area contributed by atoms with Crippen molar-refractivity contribution in [2.45, 2.75) is 18.2 Å². The van der Waals surface area contributed by atoms with Gasteiger partial charge in [-0.3, -0.25) is 14.9 Å². The van der Waals surface area contributed by atoms with Crippen molar-refractivity contribution in [2.75, 3.05) is 11.5 Å². The van der Waals surface area contributed by atoms with Crippen LogP contribution in [-0.4, -0.2) is 32.9 Å². The molecule has 3 aromatic rings. The molecule has 0 spiro atoms. The number of anilines is 1. The number of nitrogens with zero attached hydrogens (tertiary/aromatic N) is 1. The highest BCUT2D eigenvalue weighted by atomic mass is 32.2. The molecule has 39 heavy (non-hydrogen) atoms. The van der Waals surface area contributed by atoms with Gasteiger partial charge in [-0.25, -0.2) is 14.1 Å². The third kappa shape index (κ3) is 5.88. The van der Waals surface area contributed by atoms with Crippen molar-refractivity contribution in [2.24, 2.45) is 0 Å². The third-order valence-electron chi connectivity index (χ3n) is 5.54. The van der Waals surface area contributed by atoms with E-state index in [2.05, 4.69) is 11.9 Å². The number of carbonyl (C=O) groups excluding carboxylic acids is 3. The minimum Gasteiger partial charge on any atom is -0.490 e. The number of urea groups is 1. The summed E-state index contributed by atoms with van der Waals surface area (Å²) in [5, 5.41) is 2.10. The van der Waals surface area contributed by atoms with Crippen LogP contribution in [0.4, 0.5) is 14.9 Å². The molecule has 1 aliphatic rings. The molecule has 9 nitrogen and oxygen atoms in total. The van der Waals surface area contributed by atoms with Crippen molar-refractivity contribution in [1.29, 1.82) is 0 Å². The second-order valence-corrected chi connectivity index (χ2v) is 9.76. The molecule has 0 saturated carbocycles. The number of amides is 4. The topological polar surface area (TPSA) is 119 Å². The molecule has 200 valence electrons. The van der Waals surface area contributed by atoms with Crippen molar-refractivity contribution in [1.82, 2.24) is 5.32 Å². The van der Waals surface area contributed by atoms with Gasteiger partial charge in [-0.05, 0) is 73.5 Å². The summed E-state index contributed by atoms with van der Waals surface area (Å²) in [5.41, 5.74) is 0.343. The average Bonchev–Trinajstić information content (AvgIpc) is 2.90. The highest BCUT2D eigenvalue weighted by Crippen LogP contribution is 2.37. The molecule has 0 radical (unpaired) electrons. The van der Waals surface area contributed by atoms with Crippen LogP contribution in [0.25, 0.3) is 6.08 Å². The van der Waals surface area contributed by atoms with E-state index in [0.717, 1.165) is 12.1 Å². The molecule has 1 aliphatic heterocycles. The molecule has 0 bridgehead atoms. The first-order valence-electron chi connectivity index (χ1n) is 11.7. The smallest absolute Gasteiger partial charge is 0.339 e. The number of imide groups is 2. The minimum absolute atomic E-state index is 0.0540. The highest BCUT2D eigenvalue weighted by molar-refractivity contribution is 7.87. The summed E-state index contributed by atoms with van der Waals surface area (Å²) in [7, 11) is -4.22. The Bertz CT molecular complexity index is 1580. The Morgan fingerprint density at radius 2 is 1.72 bits per heavy atom. The van der Waals surface area contributed by atoms with Gasteiger partial charge in [-0.2, -0.15) is 8.42 Å². The van der Waals surface area contributed by atoms with Crippen molar-refractivity contribution in [3.63, 3.8) is 0 Å². The molecule has 4 rings (SSSR count). The van der Waals surface area contributed by atoms with E-state index in [1.807, 2.05) is 0 Å². The second-order valence-electron chi connectivity index (χ2n) is 8.22. The fourth-order valence-corrected chi connectivity index (χ4v) is 4.82. The molecular weight excluding hydrogens is 527 g/mol. The minimum atomic E-state index is -4.22. The Balaban J connectivity index is 1.78. The largest absolute Gasteiger partial charge is 0.490 e. The molecular formula is C28H23FN2O7S. The SMILES string of the molecule is C=CCc1cc(/C=C2\C(=O)NC(=O)N(c3ccc(F)cc3)C2=O)cc(OCC)c1OS(=O)(=O)c1ccccc1. The van der Waals surface area contributed by atoms with Crippen LogP contribution in [0.15, 0.2) is 89.9 Å². The molecule has 1 N–H and O–H groups in total. The van der Waals surface area contributed by atoms with Crippen molar-refractivity contribution >= 4 is 39.7 Å². The van der Waals surface area contributed by atoms with Crippen LogP contribution < -0.4 is 19.1 Å². The number of hydrogen-bond acceptors (Lipinski definition) is 7. The zero-order chi connectivity index (χ0) is 28.2. The summed E-state index contributed by atoms with van der Waals surface area (Å²) in [6.45, 7) is 5.55. The maximum atomic E-state index is 13.4. The number of ether oxygens (including phenoxy) is 1. The van der Waals surface area contributed by atoms with Gasteiger partial charge in [0.1, 0.15) is 16.3 Å². The summed E-state index contributed by atoms with van der Waals surface area (Å²) in [6.07, 6.45) is 2.93. The number of allylic oxidation sites excluding steroid dienone is 1. The molecule has 1 heterocycles. The van der Waals surface area contributed by atoms with Crippen molar-refractivity contribution in [3.8, 4) is 11.5 Å². The lowest BCUT2D eigenvalue weighted by atomic mass is 10.0. The quantitative estimate of drug-likeness (QED) is 0.182. The standard InChI is InChI=1S/C28H23FN2O7S/c1-3-8-19-15-18(17-24(37-4-2)25(19)38-39(35,36)22-9-6-5-7-10-22)16-23-26(32)30-28(34)31(27(23)33)21-13-11-20(29)12-14-21/h3,5-7,9-17H,1,4,8H2,2H3,(H,30,32,34)/b23-16+. The lowest BCUT2D eigenvalue weighted by molar-refractivity contribution is -0.122. The first kappa shape index (κ1) is 27.3. The molecule has 11 heteroatoms. The molecule has 3 aromatic carbocycles. The second kappa shape index (κ2) is 11.3. The Hall–Kier alpha value is -4.77. The van der Waals surface area contributed by atoms with Gasteiger partial charge in [0, 0.05) is 5.56 Å². The monoisotopic (exact) mass is 550 g/mol. The fourth-order valence-electron chi connectivity index (χ4n) is 3.83. The Morgan fingerprint density at radius 3 is 2.36 bits per heavy atom. The zero-order valence-corrected chi connectivity index (χ0v) is 21.5. The van der Waals surface area contributed by atoms with Crippen LogP contribution in [0.1, 0.15) is 18.1 Å². The molecule has 0 aliphatic carbocycles. The molecule has 0 unspecified atom stereocenters. The van der Waals surface area contributed by atoms with E-state index < -0.39 is 33.8 Å². The van der Waals surface area contributed by atoms with E-state index >= 15 is 0 Å². The van der Waals surface area contributed by atoms with Crippen LogP contribution in [0.3, 0.4) is 0 Å². The summed E-state index contributed by atoms with van der Waals surface area (Å²) >= 11 is 0. The predicted octanol–water partition coefficient (Wildman–Crippen LogP) is 4.39. The maximum absolute atomic E-state index is 13.4.